The number of unbranched alkanes of at least 4 members (excludes halogenated alkanes) is 1. The average Bonchev–Trinajstić information content (AvgIpc) is 2.76. The van der Waals surface area contributed by atoms with Gasteiger partial charge < -0.3 is 16.4 Å². The van der Waals surface area contributed by atoms with E-state index in [0.717, 1.165) is 12.8 Å². The van der Waals surface area contributed by atoms with E-state index in [4.69, 9.17) is 16.7 Å². The zero-order valence-corrected chi connectivity index (χ0v) is 9.30. The van der Waals surface area contributed by atoms with Crippen molar-refractivity contribution in [2.24, 2.45) is 11.5 Å². The first-order valence-corrected chi connectivity index (χ1v) is 5.53. The third-order valence-electron chi connectivity index (χ3n) is 2.66. The lowest BCUT2D eigenvalue weighted by atomic mass is 10.1. The van der Waals surface area contributed by atoms with Crippen LogP contribution < -0.4 is 11.5 Å². The fourth-order valence-electron chi connectivity index (χ4n) is 1.71. The Morgan fingerprint density at radius 2 is 2.38 bits per heavy atom. The minimum Gasteiger partial charge on any atom is -0.330 e. The van der Waals surface area contributed by atoms with Gasteiger partial charge in [-0.25, -0.2) is 0 Å². The van der Waals surface area contributed by atoms with Crippen LogP contribution in [-0.2, 0) is 4.79 Å². The highest BCUT2D eigenvalue weighted by molar-refractivity contribution is 5.83. The summed E-state index contributed by atoms with van der Waals surface area (Å²) in [6, 6.07) is 1.10. The monoisotopic (exact) mass is 222 g/mol. The van der Waals surface area contributed by atoms with E-state index < -0.39 is 12.1 Å². The van der Waals surface area contributed by atoms with Crippen LogP contribution in [0.25, 0.3) is 0 Å². The van der Waals surface area contributed by atoms with Crippen LogP contribution in [0.5, 0.6) is 0 Å². The predicted molar refractivity (Wildman–Crippen MR) is 61.1 cm³/mol. The molecule has 0 aromatic heterocycles. The van der Waals surface area contributed by atoms with Gasteiger partial charge in [-0.05, 0) is 25.5 Å². The maximum atomic E-state index is 11.9. The molecule has 1 heterocycles. The summed E-state index contributed by atoms with van der Waals surface area (Å²) < 4.78 is 0. The first-order valence-electron chi connectivity index (χ1n) is 5.53. The quantitative estimate of drug-likeness (QED) is 0.494. The van der Waals surface area contributed by atoms with Crippen molar-refractivity contribution in [3.63, 3.8) is 0 Å². The molecule has 0 aliphatic carbocycles. The summed E-state index contributed by atoms with van der Waals surface area (Å²) in [5, 5.41) is 8.83. The van der Waals surface area contributed by atoms with Crippen molar-refractivity contribution < 1.29 is 4.79 Å². The molecule has 0 spiro atoms. The molecule has 1 aliphatic heterocycles. The first-order chi connectivity index (χ1) is 7.70. The molecule has 0 fully saturated rings. The standard InChI is InChI=1S/C11H18N4O/c12-6-2-1-5-10(14)11(16)15-7-3-4-9(15)8-13/h3-4,9-10H,1-2,5-7,12,14H2/t9-,10?/m0/s1. The topological polar surface area (TPSA) is 96.1 Å². The van der Waals surface area contributed by atoms with Crippen molar-refractivity contribution in [3.8, 4) is 6.07 Å². The lowest BCUT2D eigenvalue weighted by molar-refractivity contribution is -0.132. The van der Waals surface area contributed by atoms with Gasteiger partial charge in [0.15, 0.2) is 0 Å². The molecule has 0 aromatic rings. The fraction of sp³-hybridized carbons (Fsp3) is 0.636. The Kier molecular flexibility index (Phi) is 4.96. The number of carbonyl (C=O) groups is 1. The van der Waals surface area contributed by atoms with Gasteiger partial charge in [-0.15, -0.1) is 0 Å². The smallest absolute Gasteiger partial charge is 0.241 e. The Morgan fingerprint density at radius 3 is 3.00 bits per heavy atom. The third-order valence-corrected chi connectivity index (χ3v) is 2.66. The van der Waals surface area contributed by atoms with Crippen molar-refractivity contribution in [2.75, 3.05) is 13.1 Å². The number of nitrogens with two attached hydrogens (primary N) is 2. The molecular formula is C11H18N4O. The summed E-state index contributed by atoms with van der Waals surface area (Å²) >= 11 is 0. The Bertz CT molecular complexity index is 308. The van der Waals surface area contributed by atoms with E-state index in [-0.39, 0.29) is 5.91 Å². The first kappa shape index (κ1) is 12.7. The van der Waals surface area contributed by atoms with E-state index >= 15 is 0 Å². The average molecular weight is 222 g/mol. The van der Waals surface area contributed by atoms with E-state index in [0.29, 0.717) is 19.5 Å². The van der Waals surface area contributed by atoms with Gasteiger partial charge in [0.1, 0.15) is 6.04 Å². The molecule has 0 bridgehead atoms. The van der Waals surface area contributed by atoms with Crippen LogP contribution in [0.2, 0.25) is 0 Å². The Hall–Kier alpha value is -1.38. The Labute approximate surface area is 95.7 Å². The maximum absolute atomic E-state index is 11.9. The van der Waals surface area contributed by atoms with Crippen LogP contribution in [0.4, 0.5) is 0 Å². The van der Waals surface area contributed by atoms with Gasteiger partial charge in [0.2, 0.25) is 5.91 Å². The summed E-state index contributed by atoms with van der Waals surface area (Å²) in [4.78, 5) is 13.4. The van der Waals surface area contributed by atoms with E-state index in [1.807, 2.05) is 6.08 Å². The van der Waals surface area contributed by atoms with E-state index in [9.17, 15) is 4.79 Å². The largest absolute Gasteiger partial charge is 0.330 e. The van der Waals surface area contributed by atoms with E-state index in [1.165, 1.54) is 4.90 Å². The van der Waals surface area contributed by atoms with Crippen LogP contribution in [0.15, 0.2) is 12.2 Å². The molecule has 1 unspecified atom stereocenters. The normalized spacial score (nSPS) is 20.8. The van der Waals surface area contributed by atoms with Gasteiger partial charge in [-0.2, -0.15) is 5.26 Å². The highest BCUT2D eigenvalue weighted by Crippen LogP contribution is 2.12. The van der Waals surface area contributed by atoms with Crippen molar-refractivity contribution in [2.45, 2.75) is 31.3 Å². The minimum absolute atomic E-state index is 0.145. The summed E-state index contributed by atoms with van der Waals surface area (Å²) in [6.45, 7) is 1.11. The molecule has 1 amide bonds. The molecule has 88 valence electrons. The van der Waals surface area contributed by atoms with Gasteiger partial charge in [-0.3, -0.25) is 4.79 Å². The zero-order valence-electron chi connectivity index (χ0n) is 9.30. The van der Waals surface area contributed by atoms with E-state index in [1.54, 1.807) is 6.08 Å². The summed E-state index contributed by atoms with van der Waals surface area (Å²) in [5.74, 6) is -0.145. The second-order valence-corrected chi connectivity index (χ2v) is 3.88. The van der Waals surface area contributed by atoms with Crippen molar-refractivity contribution in [3.05, 3.63) is 12.2 Å². The number of nitrogens with zero attached hydrogens (tertiary/aromatic N) is 2. The molecule has 0 aromatic carbocycles. The number of nitriles is 1. The van der Waals surface area contributed by atoms with Gasteiger partial charge in [0, 0.05) is 6.54 Å². The molecule has 0 saturated carbocycles. The van der Waals surface area contributed by atoms with E-state index in [2.05, 4.69) is 6.07 Å². The molecule has 1 aliphatic rings. The molecule has 0 saturated heterocycles. The van der Waals surface area contributed by atoms with Gasteiger partial charge in [0.05, 0.1) is 12.1 Å². The summed E-state index contributed by atoms with van der Waals surface area (Å²) in [5.41, 5.74) is 11.2. The Morgan fingerprint density at radius 1 is 1.62 bits per heavy atom. The number of amides is 1. The molecule has 16 heavy (non-hydrogen) atoms. The number of hydrogen-bond acceptors (Lipinski definition) is 4. The molecule has 2 atom stereocenters. The zero-order chi connectivity index (χ0) is 12.0. The Balaban J connectivity index is 2.42. The summed E-state index contributed by atoms with van der Waals surface area (Å²) in [6.07, 6.45) is 5.90. The van der Waals surface area contributed by atoms with Crippen molar-refractivity contribution in [1.82, 2.24) is 4.90 Å². The highest BCUT2D eigenvalue weighted by Gasteiger charge is 2.27. The lowest BCUT2D eigenvalue weighted by Gasteiger charge is -2.23. The second-order valence-electron chi connectivity index (χ2n) is 3.88. The molecular weight excluding hydrogens is 204 g/mol. The summed E-state index contributed by atoms with van der Waals surface area (Å²) in [7, 11) is 0. The van der Waals surface area contributed by atoms with Crippen molar-refractivity contribution >= 4 is 5.91 Å². The molecule has 0 radical (unpaired) electrons. The van der Waals surface area contributed by atoms with Crippen molar-refractivity contribution in [1.29, 1.82) is 5.26 Å². The van der Waals surface area contributed by atoms with Gasteiger partial charge in [0.25, 0.3) is 0 Å². The van der Waals surface area contributed by atoms with Crippen LogP contribution in [0.1, 0.15) is 19.3 Å². The number of hydrogen-bond donors (Lipinski definition) is 2. The fourth-order valence-corrected chi connectivity index (χ4v) is 1.71. The van der Waals surface area contributed by atoms with Crippen LogP contribution in [0.3, 0.4) is 0 Å². The lowest BCUT2D eigenvalue weighted by Crippen LogP contribution is -2.45. The van der Waals surface area contributed by atoms with Crippen LogP contribution in [0, 0.1) is 11.3 Å². The number of rotatable bonds is 5. The minimum atomic E-state index is -0.512. The number of carbonyl (C=O) groups excluding carboxylic acids is 1. The SMILES string of the molecule is N#C[C@@H]1C=CCN1C(=O)C(N)CCCCN. The van der Waals surface area contributed by atoms with Crippen LogP contribution in [-0.4, -0.2) is 36.0 Å². The highest BCUT2D eigenvalue weighted by atomic mass is 16.2. The van der Waals surface area contributed by atoms with Crippen LogP contribution >= 0.6 is 0 Å². The maximum Gasteiger partial charge on any atom is 0.241 e. The molecule has 4 N–H and O–H groups in total. The third kappa shape index (κ3) is 3.05. The second kappa shape index (κ2) is 6.26. The predicted octanol–water partition coefficient (Wildman–Crippen LogP) is -0.267. The van der Waals surface area contributed by atoms with Gasteiger partial charge in [-0.1, -0.05) is 12.5 Å². The molecule has 5 nitrogen and oxygen atoms in total. The molecule has 5 heteroatoms. The van der Waals surface area contributed by atoms with Gasteiger partial charge >= 0.3 is 0 Å². The molecule has 1 rings (SSSR count).